The van der Waals surface area contributed by atoms with Gasteiger partial charge in [0, 0.05) is 13.6 Å². The van der Waals surface area contributed by atoms with Crippen LogP contribution in [0.2, 0.25) is 0 Å². The Morgan fingerprint density at radius 1 is 1.07 bits per heavy atom. The number of nitrogens with zero attached hydrogens (tertiary/aromatic N) is 2. The molecule has 28 heavy (non-hydrogen) atoms. The normalized spacial score (nSPS) is 19.0. The van der Waals surface area contributed by atoms with Gasteiger partial charge >= 0.3 is 6.03 Å². The smallest absolute Gasteiger partial charge is 0.322 e. The van der Waals surface area contributed by atoms with Crippen molar-refractivity contribution in [3.8, 4) is 5.75 Å². The fourth-order valence-electron chi connectivity index (χ4n) is 3.76. The molecule has 0 fully saturated rings. The van der Waals surface area contributed by atoms with Gasteiger partial charge in [-0.05, 0) is 29.7 Å². The molecule has 2 aliphatic heterocycles. The first-order chi connectivity index (χ1) is 13.6. The number of hydrogen-bond acceptors (Lipinski definition) is 3. The van der Waals surface area contributed by atoms with Gasteiger partial charge in [0.25, 0.3) is 5.91 Å². The van der Waals surface area contributed by atoms with Crippen molar-refractivity contribution in [2.24, 2.45) is 0 Å². The summed E-state index contributed by atoms with van der Waals surface area (Å²) in [7, 11) is 3.36. The number of carbonyl (C=O) groups is 2. The lowest BCUT2D eigenvalue weighted by molar-refractivity contribution is -0.125. The molecule has 0 saturated heterocycles. The minimum absolute atomic E-state index is 0.00999. The molecule has 0 radical (unpaired) electrons. The first-order valence-electron chi connectivity index (χ1n) is 9.33. The zero-order chi connectivity index (χ0) is 19.7. The van der Waals surface area contributed by atoms with Crippen LogP contribution >= 0.6 is 0 Å². The van der Waals surface area contributed by atoms with Crippen LogP contribution in [0.3, 0.4) is 0 Å². The number of methoxy groups -OCH3 is 1. The summed E-state index contributed by atoms with van der Waals surface area (Å²) in [5.74, 6) is 0.805. The third-order valence-electron chi connectivity index (χ3n) is 5.40. The second-order valence-corrected chi connectivity index (χ2v) is 7.04. The molecule has 1 N–H and O–H groups in total. The van der Waals surface area contributed by atoms with Crippen molar-refractivity contribution < 1.29 is 14.3 Å². The Balaban J connectivity index is 1.53. The van der Waals surface area contributed by atoms with Crippen molar-refractivity contribution in [1.29, 1.82) is 0 Å². The van der Waals surface area contributed by atoms with Gasteiger partial charge in [-0.2, -0.15) is 0 Å². The van der Waals surface area contributed by atoms with Crippen molar-refractivity contribution >= 4 is 11.9 Å². The minimum atomic E-state index is -0.404. The van der Waals surface area contributed by atoms with Crippen LogP contribution < -0.4 is 10.1 Å². The van der Waals surface area contributed by atoms with Crippen LogP contribution in [0.15, 0.2) is 65.9 Å². The Hall–Kier alpha value is -3.28. The summed E-state index contributed by atoms with van der Waals surface area (Å²) in [6, 6.07) is 16.9. The first kappa shape index (κ1) is 18.1. The molecule has 0 aliphatic carbocycles. The molecule has 6 nitrogen and oxygen atoms in total. The lowest BCUT2D eigenvalue weighted by Crippen LogP contribution is -2.45. The van der Waals surface area contributed by atoms with Crippen LogP contribution in [0.4, 0.5) is 4.79 Å². The molecule has 2 aromatic carbocycles. The van der Waals surface area contributed by atoms with E-state index in [1.165, 1.54) is 0 Å². The van der Waals surface area contributed by atoms with E-state index in [0.29, 0.717) is 18.7 Å². The second kappa shape index (κ2) is 7.38. The van der Waals surface area contributed by atoms with E-state index in [2.05, 4.69) is 5.32 Å². The maximum atomic E-state index is 13.2. The van der Waals surface area contributed by atoms with Crippen molar-refractivity contribution in [2.75, 3.05) is 27.2 Å². The number of nitrogens with one attached hydrogen (secondary N) is 1. The van der Waals surface area contributed by atoms with Gasteiger partial charge < -0.3 is 15.0 Å². The maximum absolute atomic E-state index is 13.2. The van der Waals surface area contributed by atoms with E-state index < -0.39 is 6.04 Å². The predicted molar refractivity (Wildman–Crippen MR) is 106 cm³/mol. The third-order valence-corrected chi connectivity index (χ3v) is 5.40. The highest BCUT2D eigenvalue weighted by molar-refractivity contribution is 6.01. The SMILES string of the molecule is COc1ccc(CCN2CC3=C(C2=O)[C@H](c2ccccc2)NC(=O)N3C)cc1. The average molecular weight is 377 g/mol. The number of urea groups is 1. The molecule has 0 aromatic heterocycles. The molecule has 0 spiro atoms. The Morgan fingerprint density at radius 2 is 1.79 bits per heavy atom. The summed E-state index contributed by atoms with van der Waals surface area (Å²) in [5, 5.41) is 2.96. The van der Waals surface area contributed by atoms with E-state index in [9.17, 15) is 9.59 Å². The lowest BCUT2D eigenvalue weighted by atomic mass is 9.96. The topological polar surface area (TPSA) is 61.9 Å². The summed E-state index contributed by atoms with van der Waals surface area (Å²) < 4.78 is 5.19. The van der Waals surface area contributed by atoms with Gasteiger partial charge in [-0.3, -0.25) is 9.69 Å². The van der Waals surface area contributed by atoms with Gasteiger partial charge in [0.2, 0.25) is 0 Å². The van der Waals surface area contributed by atoms with Crippen LogP contribution in [0.25, 0.3) is 0 Å². The van der Waals surface area contributed by atoms with Gasteiger partial charge in [0.1, 0.15) is 5.75 Å². The Kier molecular flexibility index (Phi) is 4.77. The Morgan fingerprint density at radius 3 is 2.46 bits per heavy atom. The molecule has 2 aromatic rings. The zero-order valence-electron chi connectivity index (χ0n) is 16.0. The van der Waals surface area contributed by atoms with Crippen LogP contribution in [-0.4, -0.2) is 49.0 Å². The number of hydrogen-bond donors (Lipinski definition) is 1. The molecule has 0 bridgehead atoms. The second-order valence-electron chi connectivity index (χ2n) is 7.04. The largest absolute Gasteiger partial charge is 0.497 e. The van der Waals surface area contributed by atoms with Crippen molar-refractivity contribution in [3.05, 3.63) is 77.0 Å². The summed E-state index contributed by atoms with van der Waals surface area (Å²) in [5.41, 5.74) is 3.52. The van der Waals surface area contributed by atoms with Crippen LogP contribution in [0, 0.1) is 0 Å². The van der Waals surface area contributed by atoms with E-state index in [1.54, 1.807) is 19.1 Å². The fourth-order valence-corrected chi connectivity index (χ4v) is 3.76. The van der Waals surface area contributed by atoms with Crippen molar-refractivity contribution in [2.45, 2.75) is 12.5 Å². The van der Waals surface area contributed by atoms with Gasteiger partial charge in [0.05, 0.1) is 31.0 Å². The molecule has 0 unspecified atom stereocenters. The van der Waals surface area contributed by atoms with E-state index in [-0.39, 0.29) is 11.9 Å². The van der Waals surface area contributed by atoms with Gasteiger partial charge in [0.15, 0.2) is 0 Å². The molecule has 0 saturated carbocycles. The number of amides is 3. The van der Waals surface area contributed by atoms with E-state index in [4.69, 9.17) is 4.74 Å². The number of carbonyl (C=O) groups excluding carboxylic acids is 2. The molecule has 4 rings (SSSR count). The highest BCUT2D eigenvalue weighted by Crippen LogP contribution is 2.35. The summed E-state index contributed by atoms with van der Waals surface area (Å²) in [4.78, 5) is 29.0. The fraction of sp³-hybridized carbons (Fsp3) is 0.273. The Labute approximate surface area is 164 Å². The summed E-state index contributed by atoms with van der Waals surface area (Å²) in [6.07, 6.45) is 0.747. The molecule has 3 amide bonds. The first-order valence-corrected chi connectivity index (χ1v) is 9.33. The van der Waals surface area contributed by atoms with Crippen molar-refractivity contribution in [1.82, 2.24) is 15.1 Å². The number of benzene rings is 2. The standard InChI is InChI=1S/C22H23N3O3/c1-24-18-14-25(13-12-15-8-10-17(28-2)11-9-15)21(26)19(18)20(23-22(24)27)16-6-4-3-5-7-16/h3-11,20H,12-14H2,1-2H3,(H,23,27)/t20-/m0/s1. The lowest BCUT2D eigenvalue weighted by Gasteiger charge is -2.31. The monoisotopic (exact) mass is 377 g/mol. The third kappa shape index (κ3) is 3.22. The molecular formula is C22H23N3O3. The van der Waals surface area contributed by atoms with Gasteiger partial charge in [-0.15, -0.1) is 0 Å². The van der Waals surface area contributed by atoms with Crippen LogP contribution in [0.5, 0.6) is 5.75 Å². The maximum Gasteiger partial charge on any atom is 0.322 e. The zero-order valence-corrected chi connectivity index (χ0v) is 16.0. The van der Waals surface area contributed by atoms with E-state index in [1.807, 2.05) is 59.5 Å². The quantitative estimate of drug-likeness (QED) is 0.872. The highest BCUT2D eigenvalue weighted by atomic mass is 16.5. The van der Waals surface area contributed by atoms with Crippen LogP contribution in [-0.2, 0) is 11.2 Å². The van der Waals surface area contributed by atoms with E-state index >= 15 is 0 Å². The van der Waals surface area contributed by atoms with Gasteiger partial charge in [-0.1, -0.05) is 42.5 Å². The van der Waals surface area contributed by atoms with E-state index in [0.717, 1.165) is 29.0 Å². The summed E-state index contributed by atoms with van der Waals surface area (Å²) in [6.45, 7) is 1.05. The number of likely N-dealkylation sites (N-methyl/N-ethyl adjacent to an activating group) is 1. The molecule has 2 heterocycles. The molecule has 6 heteroatoms. The predicted octanol–water partition coefficient (Wildman–Crippen LogP) is 2.73. The highest BCUT2D eigenvalue weighted by Gasteiger charge is 2.42. The Bertz CT molecular complexity index is 922. The number of ether oxygens (including phenoxy) is 1. The molecule has 144 valence electrons. The van der Waals surface area contributed by atoms with Crippen LogP contribution in [0.1, 0.15) is 17.2 Å². The number of rotatable bonds is 5. The molecular weight excluding hydrogens is 354 g/mol. The minimum Gasteiger partial charge on any atom is -0.497 e. The van der Waals surface area contributed by atoms with Gasteiger partial charge in [-0.25, -0.2) is 4.79 Å². The summed E-state index contributed by atoms with van der Waals surface area (Å²) >= 11 is 0. The molecule has 2 aliphatic rings. The van der Waals surface area contributed by atoms with Crippen molar-refractivity contribution in [3.63, 3.8) is 0 Å². The molecule has 1 atom stereocenters. The average Bonchev–Trinajstić information content (AvgIpc) is 3.07.